The first kappa shape index (κ1) is 16.3. The Labute approximate surface area is 125 Å². The van der Waals surface area contributed by atoms with E-state index in [1.165, 1.54) is 0 Å². The van der Waals surface area contributed by atoms with Gasteiger partial charge in [-0.05, 0) is 44.5 Å². The molecule has 3 nitrogen and oxygen atoms in total. The van der Waals surface area contributed by atoms with Crippen LogP contribution >= 0.6 is 24.0 Å². The van der Waals surface area contributed by atoms with Crippen molar-refractivity contribution < 1.29 is 4.79 Å². The van der Waals surface area contributed by atoms with Crippen LogP contribution in [-0.4, -0.2) is 37.0 Å². The van der Waals surface area contributed by atoms with E-state index in [4.69, 9.17) is 11.6 Å². The van der Waals surface area contributed by atoms with Crippen molar-refractivity contribution in [2.24, 2.45) is 0 Å². The van der Waals surface area contributed by atoms with Gasteiger partial charge in [0.25, 0.3) is 5.91 Å². The molecular formula is C14H20Cl2N2O. The van der Waals surface area contributed by atoms with E-state index in [1.807, 2.05) is 37.1 Å². The Hall–Kier alpha value is -0.770. The highest BCUT2D eigenvalue weighted by molar-refractivity contribution is 6.33. The Morgan fingerprint density at radius 1 is 1.47 bits per heavy atom. The van der Waals surface area contributed by atoms with E-state index in [1.54, 1.807) is 0 Å². The van der Waals surface area contributed by atoms with Gasteiger partial charge < -0.3 is 10.2 Å². The van der Waals surface area contributed by atoms with Crippen LogP contribution in [0.2, 0.25) is 5.02 Å². The molecule has 2 rings (SSSR count). The van der Waals surface area contributed by atoms with Crippen LogP contribution in [0.3, 0.4) is 0 Å². The highest BCUT2D eigenvalue weighted by Crippen LogP contribution is 2.21. The van der Waals surface area contributed by atoms with Crippen LogP contribution in [0.5, 0.6) is 0 Å². The first-order chi connectivity index (χ1) is 8.61. The maximum absolute atomic E-state index is 12.4. The average Bonchev–Trinajstić information content (AvgIpc) is 2.38. The van der Waals surface area contributed by atoms with E-state index in [2.05, 4.69) is 5.32 Å². The van der Waals surface area contributed by atoms with Gasteiger partial charge in [-0.3, -0.25) is 4.79 Å². The highest BCUT2D eigenvalue weighted by atomic mass is 35.5. The lowest BCUT2D eigenvalue weighted by atomic mass is 10.0. The van der Waals surface area contributed by atoms with E-state index >= 15 is 0 Å². The van der Waals surface area contributed by atoms with Crippen LogP contribution in [0.15, 0.2) is 18.2 Å². The van der Waals surface area contributed by atoms with Crippen LogP contribution in [0.4, 0.5) is 0 Å². The predicted molar refractivity (Wildman–Crippen MR) is 81.4 cm³/mol. The zero-order valence-corrected chi connectivity index (χ0v) is 12.9. The Balaban J connectivity index is 0.00000180. The molecule has 0 spiro atoms. The maximum Gasteiger partial charge on any atom is 0.255 e. The molecule has 0 radical (unpaired) electrons. The summed E-state index contributed by atoms with van der Waals surface area (Å²) < 4.78 is 0. The smallest absolute Gasteiger partial charge is 0.255 e. The van der Waals surface area contributed by atoms with Crippen LogP contribution < -0.4 is 5.32 Å². The van der Waals surface area contributed by atoms with Gasteiger partial charge in [-0.1, -0.05) is 17.7 Å². The summed E-state index contributed by atoms with van der Waals surface area (Å²) >= 11 is 6.15. The number of carbonyl (C=O) groups excluding carboxylic acids is 1. The molecule has 0 bridgehead atoms. The number of benzene rings is 1. The Morgan fingerprint density at radius 2 is 2.21 bits per heavy atom. The Bertz CT molecular complexity index is 451. The molecule has 1 aromatic carbocycles. The molecule has 5 heteroatoms. The van der Waals surface area contributed by atoms with Gasteiger partial charge in [0.15, 0.2) is 0 Å². The lowest BCUT2D eigenvalue weighted by molar-refractivity contribution is 0.0698. The third-order valence-electron chi connectivity index (χ3n) is 3.47. The molecule has 0 aliphatic carbocycles. The van der Waals surface area contributed by atoms with Crippen LogP contribution in [0.25, 0.3) is 0 Å². The third kappa shape index (κ3) is 3.85. The fourth-order valence-corrected chi connectivity index (χ4v) is 2.68. The third-order valence-corrected chi connectivity index (χ3v) is 3.78. The van der Waals surface area contributed by atoms with Crippen molar-refractivity contribution >= 4 is 29.9 Å². The van der Waals surface area contributed by atoms with Gasteiger partial charge in [0.1, 0.15) is 0 Å². The number of amides is 1. The molecule has 1 unspecified atom stereocenters. The Kier molecular flexibility index (Phi) is 6.11. The van der Waals surface area contributed by atoms with E-state index in [0.29, 0.717) is 16.6 Å². The minimum atomic E-state index is 0. The van der Waals surface area contributed by atoms with Gasteiger partial charge in [-0.2, -0.15) is 0 Å². The molecule has 19 heavy (non-hydrogen) atoms. The van der Waals surface area contributed by atoms with Gasteiger partial charge in [0, 0.05) is 19.1 Å². The summed E-state index contributed by atoms with van der Waals surface area (Å²) in [5, 5.41) is 3.78. The minimum absolute atomic E-state index is 0. The molecule has 1 N–H and O–H groups in total. The van der Waals surface area contributed by atoms with Gasteiger partial charge in [0.2, 0.25) is 0 Å². The number of hydrogen-bond acceptors (Lipinski definition) is 2. The molecular weight excluding hydrogens is 283 g/mol. The van der Waals surface area contributed by atoms with Crippen molar-refractivity contribution in [3.63, 3.8) is 0 Å². The topological polar surface area (TPSA) is 32.3 Å². The van der Waals surface area contributed by atoms with Crippen LogP contribution in [0, 0.1) is 6.92 Å². The van der Waals surface area contributed by atoms with Gasteiger partial charge in [0.05, 0.1) is 10.6 Å². The average molecular weight is 303 g/mol. The fraction of sp³-hybridized carbons (Fsp3) is 0.500. The molecule has 1 amide bonds. The molecule has 0 aromatic heterocycles. The number of likely N-dealkylation sites (N-methyl/N-ethyl adjacent to an activating group) is 1. The molecule has 1 heterocycles. The van der Waals surface area contributed by atoms with Crippen LogP contribution in [0.1, 0.15) is 28.8 Å². The number of piperidine rings is 1. The number of likely N-dealkylation sites (tertiary alicyclic amines) is 1. The summed E-state index contributed by atoms with van der Waals surface area (Å²) in [6.07, 6.45) is 2.17. The molecule has 106 valence electrons. The van der Waals surface area contributed by atoms with Gasteiger partial charge >= 0.3 is 0 Å². The van der Waals surface area contributed by atoms with Crippen molar-refractivity contribution in [1.29, 1.82) is 0 Å². The van der Waals surface area contributed by atoms with E-state index in [0.717, 1.165) is 31.5 Å². The van der Waals surface area contributed by atoms with Gasteiger partial charge in [-0.25, -0.2) is 0 Å². The lowest BCUT2D eigenvalue weighted by Crippen LogP contribution is -2.47. The van der Waals surface area contributed by atoms with E-state index < -0.39 is 0 Å². The van der Waals surface area contributed by atoms with E-state index in [9.17, 15) is 4.79 Å². The van der Waals surface area contributed by atoms with E-state index in [-0.39, 0.29) is 18.3 Å². The predicted octanol–water partition coefficient (Wildman–Crippen LogP) is 2.89. The maximum atomic E-state index is 12.4. The second-order valence-electron chi connectivity index (χ2n) is 4.86. The first-order valence-corrected chi connectivity index (χ1v) is 6.72. The first-order valence-electron chi connectivity index (χ1n) is 6.34. The summed E-state index contributed by atoms with van der Waals surface area (Å²) in [7, 11) is 1.94. The van der Waals surface area contributed by atoms with Crippen molar-refractivity contribution in [2.75, 3.05) is 20.1 Å². The number of nitrogens with zero attached hydrogens (tertiary/aromatic N) is 1. The summed E-state index contributed by atoms with van der Waals surface area (Å²) in [5.41, 5.74) is 1.68. The SMILES string of the molecule is CNC1CCCN(C(=O)c2ccc(C)cc2Cl)C1.Cl. The standard InChI is InChI=1S/C14H19ClN2O.ClH/c1-10-5-6-12(13(15)8-10)14(18)17-7-3-4-11(9-17)16-2;/h5-6,8,11,16H,3-4,7,9H2,1-2H3;1H. The number of rotatable bonds is 2. The monoisotopic (exact) mass is 302 g/mol. The summed E-state index contributed by atoms with van der Waals surface area (Å²) in [6, 6.07) is 5.99. The summed E-state index contributed by atoms with van der Waals surface area (Å²) in [6.45, 7) is 3.55. The lowest BCUT2D eigenvalue weighted by Gasteiger charge is -2.32. The normalized spacial score (nSPS) is 18.9. The van der Waals surface area contributed by atoms with Crippen molar-refractivity contribution in [3.05, 3.63) is 34.3 Å². The van der Waals surface area contributed by atoms with Gasteiger partial charge in [-0.15, -0.1) is 12.4 Å². The number of hydrogen-bond donors (Lipinski definition) is 1. The molecule has 1 aromatic rings. The van der Waals surface area contributed by atoms with Crippen molar-refractivity contribution in [1.82, 2.24) is 10.2 Å². The largest absolute Gasteiger partial charge is 0.337 e. The molecule has 1 saturated heterocycles. The number of carbonyl (C=O) groups is 1. The summed E-state index contributed by atoms with van der Waals surface area (Å²) in [5.74, 6) is 0.0416. The Morgan fingerprint density at radius 3 is 2.84 bits per heavy atom. The van der Waals surface area contributed by atoms with Crippen molar-refractivity contribution in [2.45, 2.75) is 25.8 Å². The summed E-state index contributed by atoms with van der Waals surface area (Å²) in [4.78, 5) is 14.3. The molecule has 1 aliphatic rings. The molecule has 1 aliphatic heterocycles. The zero-order chi connectivity index (χ0) is 13.1. The number of halogens is 2. The second-order valence-corrected chi connectivity index (χ2v) is 5.27. The number of aryl methyl sites for hydroxylation is 1. The quantitative estimate of drug-likeness (QED) is 0.911. The number of nitrogens with one attached hydrogen (secondary N) is 1. The highest BCUT2D eigenvalue weighted by Gasteiger charge is 2.24. The van der Waals surface area contributed by atoms with Crippen LogP contribution in [-0.2, 0) is 0 Å². The zero-order valence-electron chi connectivity index (χ0n) is 11.3. The second kappa shape index (κ2) is 7.13. The molecule has 1 fully saturated rings. The molecule has 1 atom stereocenters. The molecule has 0 saturated carbocycles. The minimum Gasteiger partial charge on any atom is -0.337 e. The fourth-order valence-electron chi connectivity index (χ4n) is 2.36. The van der Waals surface area contributed by atoms with Crippen molar-refractivity contribution in [3.8, 4) is 0 Å².